The van der Waals surface area contributed by atoms with E-state index in [0.717, 1.165) is 80.8 Å². The zero-order chi connectivity index (χ0) is 33.4. The Bertz CT molecular complexity index is 1860. The van der Waals surface area contributed by atoms with Gasteiger partial charge in [-0.3, -0.25) is 9.59 Å². The average Bonchev–Trinajstić information content (AvgIpc) is 3.70. The molecule has 0 aliphatic carbocycles. The smallest absolute Gasteiger partial charge is 0.312 e. The van der Waals surface area contributed by atoms with Crippen molar-refractivity contribution in [2.75, 3.05) is 14.2 Å². The first-order valence-electron chi connectivity index (χ1n) is 16.6. The Hall–Kier alpha value is -4.20. The van der Waals surface area contributed by atoms with E-state index in [4.69, 9.17) is 9.47 Å². The number of carbonyl (C=O) groups is 2. The molecular weight excluding hydrogens is 576 g/mol. The SMILES string of the molecule is CCCc1c2[nH]c(c1C)C=C1NC(=C(C(C)C(=O)OC)c3[nH]c(c(C)c3C)C=c3[nH]c(c(C)c3CC)=C2)C(CCC(=O)OC)C1C. The molecule has 0 spiro atoms. The number of hydrogen-bond acceptors (Lipinski definition) is 5. The first-order valence-corrected chi connectivity index (χ1v) is 16.6. The molecule has 2 aliphatic heterocycles. The van der Waals surface area contributed by atoms with Crippen molar-refractivity contribution in [3.8, 4) is 0 Å². The summed E-state index contributed by atoms with van der Waals surface area (Å²) in [4.78, 5) is 36.9. The van der Waals surface area contributed by atoms with E-state index >= 15 is 0 Å². The normalized spacial score (nSPS) is 18.0. The second-order valence-electron chi connectivity index (χ2n) is 13.0. The largest absolute Gasteiger partial charge is 0.469 e. The molecule has 3 atom stereocenters. The van der Waals surface area contributed by atoms with Gasteiger partial charge in [-0.2, -0.15) is 0 Å². The molecular formula is C38H50N4O4. The number of allylic oxidation sites excluding steroid dienone is 2. The van der Waals surface area contributed by atoms with Crippen LogP contribution in [0.15, 0.2) is 11.4 Å². The van der Waals surface area contributed by atoms with E-state index in [1.165, 1.54) is 36.5 Å². The number of H-pyrrole nitrogens is 3. The van der Waals surface area contributed by atoms with Crippen molar-refractivity contribution in [1.82, 2.24) is 20.3 Å². The lowest BCUT2D eigenvalue weighted by Gasteiger charge is -2.22. The molecule has 8 bridgehead atoms. The molecule has 3 aromatic rings. The number of hydrogen-bond donors (Lipinski definition) is 4. The van der Waals surface area contributed by atoms with Crippen LogP contribution >= 0.6 is 0 Å². The summed E-state index contributed by atoms with van der Waals surface area (Å²) in [6.07, 6.45) is 10.5. The fraction of sp³-hybridized carbons (Fsp3) is 0.474. The van der Waals surface area contributed by atoms with E-state index in [-0.39, 0.29) is 30.2 Å². The third kappa shape index (κ3) is 5.78. The van der Waals surface area contributed by atoms with Crippen LogP contribution in [0, 0.1) is 45.4 Å². The second-order valence-corrected chi connectivity index (χ2v) is 13.0. The molecule has 0 saturated carbocycles. The predicted molar refractivity (Wildman–Crippen MR) is 184 cm³/mol. The van der Waals surface area contributed by atoms with Gasteiger partial charge in [0.1, 0.15) is 0 Å². The molecule has 8 nitrogen and oxygen atoms in total. The number of aromatic amines is 3. The maximum Gasteiger partial charge on any atom is 0.312 e. The molecule has 4 N–H and O–H groups in total. The van der Waals surface area contributed by atoms with E-state index in [9.17, 15) is 9.59 Å². The van der Waals surface area contributed by atoms with Gasteiger partial charge >= 0.3 is 11.9 Å². The lowest BCUT2D eigenvalue weighted by atomic mass is 9.83. The van der Waals surface area contributed by atoms with Crippen LogP contribution in [-0.4, -0.2) is 41.1 Å². The highest BCUT2D eigenvalue weighted by molar-refractivity contribution is 5.90. The highest BCUT2D eigenvalue weighted by Crippen LogP contribution is 2.44. The molecule has 46 heavy (non-hydrogen) atoms. The lowest BCUT2D eigenvalue weighted by Crippen LogP contribution is -2.21. The van der Waals surface area contributed by atoms with Crippen LogP contribution < -0.4 is 16.0 Å². The molecule has 3 unspecified atom stereocenters. The summed E-state index contributed by atoms with van der Waals surface area (Å²) < 4.78 is 10.4. The number of ether oxygens (including phenoxy) is 2. The number of nitrogens with one attached hydrogen (secondary N) is 4. The van der Waals surface area contributed by atoms with Crippen LogP contribution in [-0.2, 0) is 31.9 Å². The first-order chi connectivity index (χ1) is 21.9. The highest BCUT2D eigenvalue weighted by atomic mass is 16.5. The Kier molecular flexibility index (Phi) is 9.57. The number of carbonyl (C=O) groups excluding carboxylic acids is 2. The van der Waals surface area contributed by atoms with E-state index in [2.05, 4.69) is 87.0 Å². The van der Waals surface area contributed by atoms with Crippen LogP contribution in [0.25, 0.3) is 23.8 Å². The molecule has 246 valence electrons. The third-order valence-electron chi connectivity index (χ3n) is 10.4. The molecule has 5 rings (SSSR count). The van der Waals surface area contributed by atoms with E-state index in [1.807, 2.05) is 6.92 Å². The average molecular weight is 627 g/mol. The summed E-state index contributed by atoms with van der Waals surface area (Å²) in [5.74, 6) is -1.10. The maximum absolute atomic E-state index is 13.3. The maximum atomic E-state index is 13.3. The summed E-state index contributed by atoms with van der Waals surface area (Å²) in [6, 6.07) is 0. The number of esters is 2. The highest BCUT2D eigenvalue weighted by Gasteiger charge is 2.38. The minimum absolute atomic E-state index is 0.0464. The van der Waals surface area contributed by atoms with Gasteiger partial charge in [-0.25, -0.2) is 0 Å². The molecule has 2 aliphatic rings. The van der Waals surface area contributed by atoms with Crippen LogP contribution in [0.3, 0.4) is 0 Å². The zero-order valence-corrected chi connectivity index (χ0v) is 29.1. The van der Waals surface area contributed by atoms with Crippen LogP contribution in [0.1, 0.15) is 103 Å². The second kappa shape index (κ2) is 13.3. The van der Waals surface area contributed by atoms with Gasteiger partial charge in [0, 0.05) is 68.7 Å². The van der Waals surface area contributed by atoms with Gasteiger partial charge < -0.3 is 29.7 Å². The van der Waals surface area contributed by atoms with Crippen molar-refractivity contribution in [3.05, 3.63) is 78.2 Å². The Balaban J connectivity index is 1.90. The Morgan fingerprint density at radius 3 is 2.17 bits per heavy atom. The molecule has 1 saturated heterocycles. The van der Waals surface area contributed by atoms with Crippen molar-refractivity contribution in [1.29, 1.82) is 0 Å². The van der Waals surface area contributed by atoms with E-state index in [1.54, 1.807) is 0 Å². The Morgan fingerprint density at radius 1 is 0.826 bits per heavy atom. The molecule has 3 aromatic heterocycles. The van der Waals surface area contributed by atoms with Crippen LogP contribution in [0.2, 0.25) is 0 Å². The molecule has 0 amide bonds. The van der Waals surface area contributed by atoms with Crippen LogP contribution in [0.4, 0.5) is 0 Å². The van der Waals surface area contributed by atoms with Crippen molar-refractivity contribution >= 4 is 35.7 Å². The number of fused-ring (bicyclic) bond motifs is 8. The summed E-state index contributed by atoms with van der Waals surface area (Å²) in [5.41, 5.74) is 14.2. The molecule has 0 aromatic carbocycles. The standard InChI is InChI=1S/C38H50N4O4/c1-11-13-26-22(6)29-16-31-23(7)27(14-15-34(43)45-9)37(42-31)35(24(8)38(44)46-10)36-20(4)19(3)28(41-36)17-32-25(12-2)21(5)30(39-32)18-33(26)40-29/h16-18,23-24,27,39-42H,11-15H2,1-10H3. The number of methoxy groups -OCH3 is 2. The summed E-state index contributed by atoms with van der Waals surface area (Å²) in [6.45, 7) is 17.1. The molecule has 5 heterocycles. The quantitative estimate of drug-likeness (QED) is 0.238. The van der Waals surface area contributed by atoms with Gasteiger partial charge in [-0.05, 0) is 105 Å². The van der Waals surface area contributed by atoms with E-state index in [0.29, 0.717) is 6.42 Å². The van der Waals surface area contributed by atoms with Crippen molar-refractivity contribution in [3.63, 3.8) is 0 Å². The van der Waals surface area contributed by atoms with Crippen molar-refractivity contribution in [2.24, 2.45) is 17.8 Å². The van der Waals surface area contributed by atoms with Crippen molar-refractivity contribution in [2.45, 2.75) is 87.5 Å². The minimum Gasteiger partial charge on any atom is -0.469 e. The van der Waals surface area contributed by atoms with Gasteiger partial charge in [-0.1, -0.05) is 27.2 Å². The summed E-state index contributed by atoms with van der Waals surface area (Å²) in [7, 11) is 2.86. The van der Waals surface area contributed by atoms with Crippen molar-refractivity contribution < 1.29 is 19.1 Å². The number of rotatable bonds is 8. The van der Waals surface area contributed by atoms with Gasteiger partial charge in [0.2, 0.25) is 0 Å². The van der Waals surface area contributed by atoms with Gasteiger partial charge in [0.25, 0.3) is 0 Å². The fourth-order valence-corrected chi connectivity index (χ4v) is 7.40. The van der Waals surface area contributed by atoms with Gasteiger partial charge in [0.15, 0.2) is 0 Å². The van der Waals surface area contributed by atoms with Gasteiger partial charge in [-0.15, -0.1) is 0 Å². The van der Waals surface area contributed by atoms with Crippen LogP contribution in [0.5, 0.6) is 0 Å². The molecule has 1 fully saturated rings. The molecule has 0 radical (unpaired) electrons. The fourth-order valence-electron chi connectivity index (χ4n) is 7.40. The number of aromatic nitrogens is 3. The summed E-state index contributed by atoms with van der Waals surface area (Å²) in [5, 5.41) is 5.97. The molecule has 8 heteroatoms. The first kappa shape index (κ1) is 33.2. The Morgan fingerprint density at radius 2 is 1.52 bits per heavy atom. The zero-order valence-electron chi connectivity index (χ0n) is 29.1. The monoisotopic (exact) mass is 626 g/mol. The van der Waals surface area contributed by atoms with Gasteiger partial charge in [0.05, 0.1) is 20.1 Å². The predicted octanol–water partition coefficient (Wildman–Crippen LogP) is 5.76. The Labute approximate surface area is 272 Å². The topological polar surface area (TPSA) is 112 Å². The minimum atomic E-state index is -0.557. The van der Waals surface area contributed by atoms with E-state index < -0.39 is 5.92 Å². The lowest BCUT2D eigenvalue weighted by molar-refractivity contribution is -0.143. The third-order valence-corrected chi connectivity index (χ3v) is 10.4. The summed E-state index contributed by atoms with van der Waals surface area (Å²) >= 11 is 0.